The second-order valence-corrected chi connectivity index (χ2v) is 3.92. The number of nitrogens with one attached hydrogen (secondary N) is 1. The third-order valence-corrected chi connectivity index (χ3v) is 2.74. The Balaban J connectivity index is 2.69. The second kappa shape index (κ2) is 7.92. The fraction of sp³-hybridized carbons (Fsp3) is 0.538. The quantitative estimate of drug-likeness (QED) is 0.730. The summed E-state index contributed by atoms with van der Waals surface area (Å²) in [6.45, 7) is 1.68. The maximum atomic E-state index is 5.70. The van der Waals surface area contributed by atoms with Crippen molar-refractivity contribution in [2.75, 3.05) is 39.8 Å². The van der Waals surface area contributed by atoms with E-state index in [0.717, 1.165) is 17.0 Å². The van der Waals surface area contributed by atoms with Crippen molar-refractivity contribution < 1.29 is 14.2 Å². The molecule has 0 spiro atoms. The first kappa shape index (κ1) is 14.8. The van der Waals surface area contributed by atoms with E-state index in [-0.39, 0.29) is 6.10 Å². The Morgan fingerprint density at radius 2 is 2.06 bits per heavy atom. The summed E-state index contributed by atoms with van der Waals surface area (Å²) in [5.74, 6) is 0.801. The van der Waals surface area contributed by atoms with Gasteiger partial charge in [-0.1, -0.05) is 6.07 Å². The van der Waals surface area contributed by atoms with Crippen LogP contribution in [-0.4, -0.2) is 40.6 Å². The number of nitrogens with two attached hydrogens (primary N) is 1. The minimum absolute atomic E-state index is 0.00632. The maximum Gasteiger partial charge on any atom is 0.120 e. The number of anilines is 1. The summed E-state index contributed by atoms with van der Waals surface area (Å²) < 4.78 is 15.6. The molecule has 0 saturated heterocycles. The zero-order valence-electron chi connectivity index (χ0n) is 11.2. The van der Waals surface area contributed by atoms with E-state index in [1.54, 1.807) is 21.3 Å². The van der Waals surface area contributed by atoms with Crippen molar-refractivity contribution in [1.82, 2.24) is 0 Å². The molecule has 102 valence electrons. The van der Waals surface area contributed by atoms with Crippen molar-refractivity contribution in [2.24, 2.45) is 5.73 Å². The van der Waals surface area contributed by atoms with Gasteiger partial charge in [-0.15, -0.1) is 0 Å². The highest BCUT2D eigenvalue weighted by Gasteiger charge is 2.08. The van der Waals surface area contributed by atoms with Gasteiger partial charge in [-0.3, -0.25) is 0 Å². The van der Waals surface area contributed by atoms with Gasteiger partial charge in [0.05, 0.1) is 19.8 Å². The van der Waals surface area contributed by atoms with Crippen LogP contribution in [0.3, 0.4) is 0 Å². The van der Waals surface area contributed by atoms with Gasteiger partial charge in [0, 0.05) is 39.1 Å². The highest BCUT2D eigenvalue weighted by atomic mass is 16.5. The lowest BCUT2D eigenvalue weighted by Crippen LogP contribution is -2.27. The van der Waals surface area contributed by atoms with Gasteiger partial charge in [-0.25, -0.2) is 0 Å². The molecule has 1 unspecified atom stereocenters. The van der Waals surface area contributed by atoms with E-state index in [9.17, 15) is 0 Å². The average molecular weight is 254 g/mol. The molecule has 5 heteroatoms. The van der Waals surface area contributed by atoms with Crippen LogP contribution in [0.15, 0.2) is 18.2 Å². The lowest BCUT2D eigenvalue weighted by atomic mass is 10.1. The predicted octanol–water partition coefficient (Wildman–Crippen LogP) is 1.23. The summed E-state index contributed by atoms with van der Waals surface area (Å²) in [6, 6.07) is 5.79. The molecule has 1 aromatic carbocycles. The summed E-state index contributed by atoms with van der Waals surface area (Å²) in [7, 11) is 4.97. The van der Waals surface area contributed by atoms with E-state index >= 15 is 0 Å². The van der Waals surface area contributed by atoms with Crippen LogP contribution in [0.4, 0.5) is 5.69 Å². The average Bonchev–Trinajstić information content (AvgIpc) is 2.43. The van der Waals surface area contributed by atoms with Crippen molar-refractivity contribution in [3.63, 3.8) is 0 Å². The van der Waals surface area contributed by atoms with E-state index in [4.69, 9.17) is 19.9 Å². The molecule has 0 aliphatic carbocycles. The van der Waals surface area contributed by atoms with Gasteiger partial charge in [0.1, 0.15) is 5.75 Å². The van der Waals surface area contributed by atoms with Gasteiger partial charge in [0.2, 0.25) is 0 Å². The Labute approximate surface area is 108 Å². The van der Waals surface area contributed by atoms with Crippen molar-refractivity contribution in [2.45, 2.75) is 12.6 Å². The second-order valence-electron chi connectivity index (χ2n) is 3.92. The molecule has 1 atom stereocenters. The molecule has 0 radical (unpaired) electrons. The molecule has 0 saturated carbocycles. The smallest absolute Gasteiger partial charge is 0.120 e. The van der Waals surface area contributed by atoms with Crippen LogP contribution in [0, 0.1) is 0 Å². The van der Waals surface area contributed by atoms with Gasteiger partial charge in [0.15, 0.2) is 0 Å². The molecular weight excluding hydrogens is 232 g/mol. The fourth-order valence-corrected chi connectivity index (χ4v) is 1.65. The number of methoxy groups -OCH3 is 3. The summed E-state index contributed by atoms with van der Waals surface area (Å²) >= 11 is 0. The Bertz CT molecular complexity index is 358. The van der Waals surface area contributed by atoms with E-state index < -0.39 is 0 Å². The first-order valence-corrected chi connectivity index (χ1v) is 5.87. The summed E-state index contributed by atoms with van der Waals surface area (Å²) in [4.78, 5) is 0. The summed E-state index contributed by atoms with van der Waals surface area (Å²) in [5, 5.41) is 3.31. The summed E-state index contributed by atoms with van der Waals surface area (Å²) in [5.41, 5.74) is 7.72. The van der Waals surface area contributed by atoms with Crippen molar-refractivity contribution >= 4 is 5.69 Å². The number of rotatable bonds is 8. The Hall–Kier alpha value is -1.30. The van der Waals surface area contributed by atoms with Gasteiger partial charge in [-0.2, -0.15) is 0 Å². The highest BCUT2D eigenvalue weighted by molar-refractivity contribution is 5.55. The monoisotopic (exact) mass is 254 g/mol. The first-order chi connectivity index (χ1) is 8.74. The normalized spacial score (nSPS) is 12.2. The molecular formula is C13H22N2O3. The number of ether oxygens (including phenoxy) is 3. The van der Waals surface area contributed by atoms with E-state index in [1.807, 2.05) is 18.2 Å². The van der Waals surface area contributed by atoms with Gasteiger partial charge in [0.25, 0.3) is 0 Å². The van der Waals surface area contributed by atoms with E-state index in [0.29, 0.717) is 19.7 Å². The molecule has 1 aromatic rings. The topological polar surface area (TPSA) is 65.7 Å². The molecule has 0 amide bonds. The minimum Gasteiger partial charge on any atom is -0.497 e. The molecule has 0 bridgehead atoms. The van der Waals surface area contributed by atoms with E-state index in [2.05, 4.69) is 5.32 Å². The number of hydrogen-bond donors (Lipinski definition) is 2. The summed E-state index contributed by atoms with van der Waals surface area (Å²) in [6.07, 6.45) is 0.00632. The Morgan fingerprint density at radius 3 is 2.61 bits per heavy atom. The van der Waals surface area contributed by atoms with Gasteiger partial charge in [-0.05, 0) is 11.6 Å². The highest BCUT2D eigenvalue weighted by Crippen LogP contribution is 2.22. The van der Waals surface area contributed by atoms with Crippen LogP contribution in [-0.2, 0) is 16.0 Å². The van der Waals surface area contributed by atoms with Gasteiger partial charge < -0.3 is 25.3 Å². The molecule has 0 heterocycles. The van der Waals surface area contributed by atoms with Crippen LogP contribution in [0.2, 0.25) is 0 Å². The van der Waals surface area contributed by atoms with Crippen LogP contribution >= 0.6 is 0 Å². The molecule has 0 fully saturated rings. The Morgan fingerprint density at radius 1 is 1.28 bits per heavy atom. The zero-order chi connectivity index (χ0) is 13.4. The molecule has 0 aliphatic heterocycles. The maximum absolute atomic E-state index is 5.70. The molecule has 18 heavy (non-hydrogen) atoms. The van der Waals surface area contributed by atoms with Crippen molar-refractivity contribution in [3.8, 4) is 5.75 Å². The standard InChI is InChI=1S/C13H22N2O3/c1-16-9-12(18-3)8-15-13-6-11(17-2)5-4-10(13)7-14/h4-6,12,15H,7-9,14H2,1-3H3. The third kappa shape index (κ3) is 4.18. The third-order valence-electron chi connectivity index (χ3n) is 2.74. The van der Waals surface area contributed by atoms with Crippen LogP contribution < -0.4 is 15.8 Å². The van der Waals surface area contributed by atoms with Crippen LogP contribution in [0.5, 0.6) is 5.75 Å². The SMILES string of the molecule is COCC(CNc1cc(OC)ccc1CN)OC. The first-order valence-electron chi connectivity index (χ1n) is 5.87. The largest absolute Gasteiger partial charge is 0.497 e. The minimum atomic E-state index is 0.00632. The van der Waals surface area contributed by atoms with Crippen molar-refractivity contribution in [3.05, 3.63) is 23.8 Å². The lowest BCUT2D eigenvalue weighted by Gasteiger charge is -2.18. The lowest BCUT2D eigenvalue weighted by molar-refractivity contribution is 0.0365. The molecule has 1 rings (SSSR count). The molecule has 3 N–H and O–H groups in total. The number of hydrogen-bond acceptors (Lipinski definition) is 5. The fourth-order valence-electron chi connectivity index (χ4n) is 1.65. The zero-order valence-corrected chi connectivity index (χ0v) is 11.2. The van der Waals surface area contributed by atoms with Crippen molar-refractivity contribution in [1.29, 1.82) is 0 Å². The Kier molecular flexibility index (Phi) is 6.49. The van der Waals surface area contributed by atoms with Crippen LogP contribution in [0.25, 0.3) is 0 Å². The molecule has 0 aromatic heterocycles. The number of benzene rings is 1. The predicted molar refractivity (Wildman–Crippen MR) is 72.0 cm³/mol. The van der Waals surface area contributed by atoms with E-state index in [1.165, 1.54) is 0 Å². The molecule has 0 aliphatic rings. The molecule has 5 nitrogen and oxygen atoms in total. The van der Waals surface area contributed by atoms with Gasteiger partial charge >= 0.3 is 0 Å². The van der Waals surface area contributed by atoms with Crippen LogP contribution in [0.1, 0.15) is 5.56 Å².